The van der Waals surface area contributed by atoms with Crippen molar-refractivity contribution in [2.75, 3.05) is 6.54 Å². The first-order valence-electron chi connectivity index (χ1n) is 5.92. The zero-order valence-corrected chi connectivity index (χ0v) is 11.3. The molecular weight excluding hydrogens is 254 g/mol. The van der Waals surface area contributed by atoms with E-state index in [1.54, 1.807) is 25.1 Å². The van der Waals surface area contributed by atoms with E-state index in [-0.39, 0.29) is 12.5 Å². The van der Waals surface area contributed by atoms with Gasteiger partial charge >= 0.3 is 0 Å². The highest BCUT2D eigenvalue weighted by molar-refractivity contribution is 6.32. The first kappa shape index (κ1) is 14.8. The van der Waals surface area contributed by atoms with Gasteiger partial charge in [-0.3, -0.25) is 4.79 Å². The Morgan fingerprint density at radius 1 is 1.56 bits per heavy atom. The van der Waals surface area contributed by atoms with Crippen molar-refractivity contribution in [2.45, 2.75) is 33.0 Å². The molecule has 0 aliphatic carbocycles. The number of hydrogen-bond donors (Lipinski definition) is 2. The van der Waals surface area contributed by atoms with E-state index in [9.17, 15) is 9.90 Å². The van der Waals surface area contributed by atoms with Gasteiger partial charge in [-0.05, 0) is 19.4 Å². The van der Waals surface area contributed by atoms with E-state index in [4.69, 9.17) is 16.3 Å². The summed E-state index contributed by atoms with van der Waals surface area (Å²) in [5.74, 6) is 0.168. The van der Waals surface area contributed by atoms with Crippen molar-refractivity contribution in [3.05, 3.63) is 28.8 Å². The van der Waals surface area contributed by atoms with Crippen molar-refractivity contribution in [3.8, 4) is 5.75 Å². The number of amides is 1. The zero-order chi connectivity index (χ0) is 13.5. The van der Waals surface area contributed by atoms with Crippen LogP contribution in [0.15, 0.2) is 18.2 Å². The van der Waals surface area contributed by atoms with E-state index in [0.29, 0.717) is 22.9 Å². The lowest BCUT2D eigenvalue weighted by Gasteiger charge is -2.17. The number of carbonyl (C=O) groups excluding carboxylic acids is 1. The molecule has 0 aliphatic rings. The van der Waals surface area contributed by atoms with Gasteiger partial charge in [0.25, 0.3) is 5.91 Å². The van der Waals surface area contributed by atoms with E-state index in [2.05, 4.69) is 5.32 Å². The van der Waals surface area contributed by atoms with Gasteiger partial charge in [-0.15, -0.1) is 0 Å². The highest BCUT2D eigenvalue weighted by Crippen LogP contribution is 2.29. The Hall–Kier alpha value is -1.26. The molecule has 0 fully saturated rings. The van der Waals surface area contributed by atoms with Gasteiger partial charge < -0.3 is 15.2 Å². The number of aliphatic hydroxyl groups excluding tert-OH is 1. The fourth-order valence-electron chi connectivity index (χ4n) is 1.43. The van der Waals surface area contributed by atoms with Crippen molar-refractivity contribution in [1.29, 1.82) is 0 Å². The van der Waals surface area contributed by atoms with E-state index in [1.807, 2.05) is 6.92 Å². The summed E-state index contributed by atoms with van der Waals surface area (Å²) >= 11 is 5.99. The van der Waals surface area contributed by atoms with Crippen LogP contribution in [0.5, 0.6) is 5.75 Å². The fourth-order valence-corrected chi connectivity index (χ4v) is 1.67. The molecule has 2 N–H and O–H groups in total. The van der Waals surface area contributed by atoms with Gasteiger partial charge in [0.15, 0.2) is 6.10 Å². The molecule has 100 valence electrons. The number of carbonyl (C=O) groups is 1. The maximum atomic E-state index is 11.7. The predicted molar refractivity (Wildman–Crippen MR) is 70.8 cm³/mol. The molecular formula is C13H18ClNO3. The number of halogens is 1. The summed E-state index contributed by atoms with van der Waals surface area (Å²) in [4.78, 5) is 11.7. The number of hydrogen-bond acceptors (Lipinski definition) is 3. The van der Waals surface area contributed by atoms with Crippen LogP contribution >= 0.6 is 11.6 Å². The average Bonchev–Trinajstić information content (AvgIpc) is 2.38. The second kappa shape index (κ2) is 7.24. The first-order valence-corrected chi connectivity index (χ1v) is 6.30. The van der Waals surface area contributed by atoms with Gasteiger partial charge in [0.05, 0.1) is 11.6 Å². The van der Waals surface area contributed by atoms with Crippen molar-refractivity contribution >= 4 is 17.5 Å². The Kier molecular flexibility index (Phi) is 5.95. The smallest absolute Gasteiger partial charge is 0.260 e. The normalized spacial score (nSPS) is 12.0. The van der Waals surface area contributed by atoms with Crippen LogP contribution in [0.25, 0.3) is 0 Å². The molecule has 0 aliphatic heterocycles. The summed E-state index contributed by atoms with van der Waals surface area (Å²) in [5.41, 5.74) is 0.567. The van der Waals surface area contributed by atoms with Crippen molar-refractivity contribution < 1.29 is 14.6 Å². The quantitative estimate of drug-likeness (QED) is 0.833. The number of benzene rings is 1. The summed E-state index contributed by atoms with van der Waals surface area (Å²) in [5, 5.41) is 12.3. The molecule has 1 amide bonds. The molecule has 1 aromatic rings. The van der Waals surface area contributed by atoms with Crippen LogP contribution in [0.1, 0.15) is 25.8 Å². The van der Waals surface area contributed by atoms with Crippen LogP contribution in [-0.4, -0.2) is 23.7 Å². The molecule has 0 aromatic heterocycles. The molecule has 1 rings (SSSR count). The van der Waals surface area contributed by atoms with E-state index < -0.39 is 6.10 Å². The maximum absolute atomic E-state index is 11.7. The van der Waals surface area contributed by atoms with Crippen LogP contribution in [0, 0.1) is 0 Å². The fraction of sp³-hybridized carbons (Fsp3) is 0.462. The number of aliphatic hydroxyl groups is 1. The molecule has 0 bridgehead atoms. The first-order chi connectivity index (χ1) is 8.60. The Balaban J connectivity index is 2.75. The predicted octanol–water partition coefficient (Wildman–Crippen LogP) is 2.13. The van der Waals surface area contributed by atoms with Crippen LogP contribution < -0.4 is 10.1 Å². The zero-order valence-electron chi connectivity index (χ0n) is 10.6. The molecule has 0 spiro atoms. The summed E-state index contributed by atoms with van der Waals surface area (Å²) in [7, 11) is 0. The number of rotatable bonds is 6. The number of nitrogens with one attached hydrogen (secondary N) is 1. The van der Waals surface area contributed by atoms with Gasteiger partial charge in [-0.1, -0.05) is 30.7 Å². The lowest BCUT2D eigenvalue weighted by atomic mass is 10.2. The minimum absolute atomic E-state index is 0.181. The Bertz CT molecular complexity index is 409. The van der Waals surface area contributed by atoms with Crippen molar-refractivity contribution in [2.24, 2.45) is 0 Å². The van der Waals surface area contributed by atoms with Gasteiger partial charge in [-0.2, -0.15) is 0 Å². The van der Waals surface area contributed by atoms with Crippen molar-refractivity contribution in [3.63, 3.8) is 0 Å². The average molecular weight is 272 g/mol. The van der Waals surface area contributed by atoms with Gasteiger partial charge in [0.2, 0.25) is 0 Å². The van der Waals surface area contributed by atoms with Gasteiger partial charge in [0.1, 0.15) is 5.75 Å². The number of para-hydroxylation sites is 1. The summed E-state index contributed by atoms with van der Waals surface area (Å²) in [6.45, 7) is 4.06. The number of ether oxygens (including phenoxy) is 1. The minimum atomic E-state index is -0.651. The molecule has 1 atom stereocenters. The third-order valence-corrected chi connectivity index (χ3v) is 2.73. The Morgan fingerprint density at radius 3 is 2.89 bits per heavy atom. The molecule has 0 radical (unpaired) electrons. The highest BCUT2D eigenvalue weighted by atomic mass is 35.5. The monoisotopic (exact) mass is 271 g/mol. The van der Waals surface area contributed by atoms with E-state index >= 15 is 0 Å². The molecule has 1 unspecified atom stereocenters. The minimum Gasteiger partial charge on any atom is -0.479 e. The Morgan fingerprint density at radius 2 is 2.28 bits per heavy atom. The molecule has 5 heteroatoms. The van der Waals surface area contributed by atoms with Crippen molar-refractivity contribution in [1.82, 2.24) is 5.32 Å². The molecule has 1 aromatic carbocycles. The van der Waals surface area contributed by atoms with E-state index in [1.165, 1.54) is 0 Å². The molecule has 18 heavy (non-hydrogen) atoms. The molecule has 0 saturated carbocycles. The maximum Gasteiger partial charge on any atom is 0.260 e. The van der Waals surface area contributed by atoms with Crippen LogP contribution in [0.2, 0.25) is 5.02 Å². The summed E-state index contributed by atoms with van der Waals surface area (Å²) < 4.78 is 5.52. The van der Waals surface area contributed by atoms with Gasteiger partial charge in [-0.25, -0.2) is 0 Å². The SMILES string of the molecule is CCCNC(=O)C(C)Oc1c(Cl)cccc1CO. The topological polar surface area (TPSA) is 58.6 Å². The highest BCUT2D eigenvalue weighted by Gasteiger charge is 2.17. The summed E-state index contributed by atoms with van der Waals surface area (Å²) in [6, 6.07) is 5.09. The largest absolute Gasteiger partial charge is 0.479 e. The lowest BCUT2D eigenvalue weighted by Crippen LogP contribution is -2.36. The Labute approximate surface area is 112 Å². The lowest BCUT2D eigenvalue weighted by molar-refractivity contribution is -0.127. The molecule has 4 nitrogen and oxygen atoms in total. The molecule has 0 saturated heterocycles. The third kappa shape index (κ3) is 3.89. The van der Waals surface area contributed by atoms with Crippen LogP contribution in [0.3, 0.4) is 0 Å². The van der Waals surface area contributed by atoms with Gasteiger partial charge in [0, 0.05) is 12.1 Å². The van der Waals surface area contributed by atoms with E-state index in [0.717, 1.165) is 6.42 Å². The third-order valence-electron chi connectivity index (χ3n) is 2.43. The molecule has 0 heterocycles. The second-order valence-electron chi connectivity index (χ2n) is 3.94. The summed E-state index contributed by atoms with van der Waals surface area (Å²) in [6.07, 6.45) is 0.216. The van der Waals surface area contributed by atoms with Crippen LogP contribution in [0.4, 0.5) is 0 Å². The standard InChI is InChI=1S/C13H18ClNO3/c1-3-7-15-13(17)9(2)18-12-10(8-16)5-4-6-11(12)14/h4-6,9,16H,3,7-8H2,1-2H3,(H,15,17). The second-order valence-corrected chi connectivity index (χ2v) is 4.34. The van der Waals surface area contributed by atoms with Crippen LogP contribution in [-0.2, 0) is 11.4 Å².